The third-order valence-electron chi connectivity index (χ3n) is 24.4. The molecule has 10 rings (SSSR count). The molecule has 3 heterocycles. The summed E-state index contributed by atoms with van der Waals surface area (Å²) in [4.78, 5) is 184. The number of aliphatic carboxylic acids is 4. The number of anilines is 2. The fourth-order valence-electron chi connectivity index (χ4n) is 17.2. The van der Waals surface area contributed by atoms with E-state index in [1.54, 1.807) is 92.4 Å². The molecule has 1 aromatic heterocycles. The van der Waals surface area contributed by atoms with Gasteiger partial charge in [0.05, 0.1) is 62.0 Å². The summed E-state index contributed by atoms with van der Waals surface area (Å²) in [6.07, 6.45) is 8.04. The van der Waals surface area contributed by atoms with Crippen LogP contribution in [0.5, 0.6) is 17.2 Å². The summed E-state index contributed by atoms with van der Waals surface area (Å²) in [6.45, 7) is 2.16. The lowest BCUT2D eigenvalue weighted by atomic mass is 9.73. The van der Waals surface area contributed by atoms with Gasteiger partial charge in [0.2, 0.25) is 41.4 Å². The second-order valence-corrected chi connectivity index (χ2v) is 35.1. The van der Waals surface area contributed by atoms with Crippen LogP contribution in [0.25, 0.3) is 10.9 Å². The summed E-state index contributed by atoms with van der Waals surface area (Å²) < 4.78 is 19.8. The highest BCUT2D eigenvalue weighted by atomic mass is 32.1. The Morgan fingerprint density at radius 2 is 1.04 bits per heavy atom. The highest BCUT2D eigenvalue weighted by molar-refractivity contribution is 7.80. The number of phenolic OH excluding ortho intramolecular Hbond substituents is 1. The highest BCUT2D eigenvalue weighted by Gasteiger charge is 2.34. The van der Waals surface area contributed by atoms with Gasteiger partial charge < -0.3 is 97.7 Å². The van der Waals surface area contributed by atoms with Gasteiger partial charge in [0.1, 0.15) is 35.0 Å². The normalized spacial score (nSPS) is 15.3. The van der Waals surface area contributed by atoms with Crippen molar-refractivity contribution >= 4 is 117 Å². The summed E-state index contributed by atoms with van der Waals surface area (Å²) in [6, 6.07) is 34.3. The molecule has 0 spiro atoms. The molecule has 3 aliphatic rings. The van der Waals surface area contributed by atoms with Crippen molar-refractivity contribution in [3.63, 3.8) is 0 Å². The number of hydrogen-bond donors (Lipinski definition) is 14. The molecule has 7 aromatic rings. The molecule has 14 N–H and O–H groups in total. The van der Waals surface area contributed by atoms with Crippen LogP contribution in [0.4, 0.5) is 15.8 Å². The van der Waals surface area contributed by atoms with E-state index >= 15 is 0 Å². The fraction of sp³-hybridized carbons (Fsp3) is 0.455. The van der Waals surface area contributed by atoms with E-state index in [1.165, 1.54) is 65.7 Å². The summed E-state index contributed by atoms with van der Waals surface area (Å²) >= 11 is 5.76. The van der Waals surface area contributed by atoms with Crippen molar-refractivity contribution in [1.29, 1.82) is 5.26 Å². The van der Waals surface area contributed by atoms with Crippen LogP contribution in [-0.2, 0) is 65.6 Å². The quantitative estimate of drug-likeness (QED) is 0.0167. The van der Waals surface area contributed by atoms with Gasteiger partial charge in [0.15, 0.2) is 0 Å². The minimum atomic E-state index is -1.21. The number of likely N-dealkylation sites (tertiary alicyclic amines) is 1. The number of aromatic hydroxyl groups is 1. The number of nitriles is 1. The number of aromatic nitrogens is 1. The van der Waals surface area contributed by atoms with Gasteiger partial charge in [0, 0.05) is 197 Å². The van der Waals surface area contributed by atoms with Gasteiger partial charge in [-0.05, 0) is 164 Å². The van der Waals surface area contributed by atoms with Crippen LogP contribution < -0.4 is 52.4 Å². The van der Waals surface area contributed by atoms with Crippen LogP contribution in [-0.4, -0.2) is 328 Å². The molecular formula is C99H123FN17O21S-. The molecule has 40 heteroatoms. The Hall–Kier alpha value is -13.7. The Labute approximate surface area is 810 Å². The van der Waals surface area contributed by atoms with E-state index < -0.39 is 72.7 Å². The largest absolute Gasteiger partial charge is 0.872 e. The van der Waals surface area contributed by atoms with E-state index in [4.69, 9.17) is 17.0 Å². The summed E-state index contributed by atoms with van der Waals surface area (Å²) in [5.74, 6) is -9.00. The Morgan fingerprint density at radius 3 is 1.65 bits per heavy atom. The third-order valence-corrected chi connectivity index (χ3v) is 24.8. The summed E-state index contributed by atoms with van der Waals surface area (Å²) in [5.41, 5.74) is 6.29. The third kappa shape index (κ3) is 36.3. The van der Waals surface area contributed by atoms with Crippen LogP contribution in [0.15, 0.2) is 134 Å². The van der Waals surface area contributed by atoms with Gasteiger partial charge in [-0.25, -0.2) is 9.18 Å². The van der Waals surface area contributed by atoms with E-state index in [9.17, 15) is 108 Å². The standard InChI is InChI=1S/C99H124FN17O21S/c100-70-15-19-72(20-16-70)110-90(125)32-43-112(41-30-86(121)103-33-6-2-1-4-11-89(124)109-71-17-12-66(13-18-71)53-74-61-115(64-94(131)132)49-48-113(62-92(127)128)46-47-114(63-93(129)130)50-51-116(74)65-95(133)134)45-44-111(42-31-88(123)105-36-37-107-98(139)67-14-24-80(83(57-67)99(136)137)96-78-25-21-75(118)55-68(78)54-69-56-76(119)22-26-79(69)96)40-29-87(122)104-34-7-3-5-10-85(120)106-38-52-138-77-23-27-84-82(58-77)81(28-35-102-84)97(135)108-60-91(126)117-39-8-9-73(117)59-101/h12-28,35,55-58,73-74,96,118-119H,1-11,29-34,36-54,60-65H2,(H,103,121)(H,104,122)(H,105,123)(H,106,120)(H,107,139)(H,108,135)(H,109,124)(H,110,125)(H,127,128)(H,129,130)(H,131,132)(H,133,134)(H,136,137)/p-1. The zero-order valence-electron chi connectivity index (χ0n) is 77.8. The van der Waals surface area contributed by atoms with Crippen molar-refractivity contribution in [3.05, 3.63) is 189 Å². The molecule has 1 aliphatic carbocycles. The number of halogens is 1. The Balaban J connectivity index is 0.695. The number of rotatable bonds is 53. The molecule has 3 unspecified atom stereocenters. The fourth-order valence-corrected chi connectivity index (χ4v) is 17.4. The molecule has 38 nitrogen and oxygen atoms in total. The number of amides is 8. The van der Waals surface area contributed by atoms with Crippen LogP contribution in [0.2, 0.25) is 0 Å². The minimum Gasteiger partial charge on any atom is -0.872 e. The molecule has 2 fully saturated rings. The zero-order chi connectivity index (χ0) is 99.7. The number of fused-ring (bicyclic) bond motifs is 3. The van der Waals surface area contributed by atoms with Gasteiger partial charge in [-0.3, -0.25) is 82.1 Å². The SMILES string of the molecule is N#CC1CCCN1C(=O)CNC(=O)c1ccnc2ccc(OCCNC(=O)CCCCCNC(=O)CCN(CCC(=O)NCCNC(=S)c3ccc(C4c5ccc([O-])cc5Cc5cc(O)ccc54)c(C(=O)O)c3)CCN(CCC(=O)NCCCCCCC(=O)Nc3ccc(CC4CN(CC(=O)O)CCN(CC(=O)O)CCN(CC(=O)O)CCN4CC(=O)O)cc3)CCC(=O)Nc3ccc(F)cc3)cc12. The molecule has 3 atom stereocenters. The van der Waals surface area contributed by atoms with Gasteiger partial charge in [-0.1, -0.05) is 80.0 Å². The molecule has 139 heavy (non-hydrogen) atoms. The van der Waals surface area contributed by atoms with Crippen LogP contribution >= 0.6 is 12.2 Å². The molecule has 2 saturated heterocycles. The topological polar surface area (TPSA) is 531 Å². The average Bonchev–Trinajstić information content (AvgIpc) is 1.09. The minimum absolute atomic E-state index is 0.0143. The lowest BCUT2D eigenvalue weighted by Crippen LogP contribution is -2.53. The maximum Gasteiger partial charge on any atom is 0.336 e. The number of thiocarbonyl (C=S) groups is 1. The zero-order valence-corrected chi connectivity index (χ0v) is 78.6. The number of ether oxygens (including phenoxy) is 1. The summed E-state index contributed by atoms with van der Waals surface area (Å²) in [5, 5.41) is 106. The predicted molar refractivity (Wildman–Crippen MR) is 515 cm³/mol. The van der Waals surface area contributed by atoms with Gasteiger partial charge >= 0.3 is 29.8 Å². The van der Waals surface area contributed by atoms with Gasteiger partial charge in [0.25, 0.3) is 5.91 Å². The molecule has 6 aromatic carbocycles. The first kappa shape index (κ1) is 107. The second kappa shape index (κ2) is 55.6. The van der Waals surface area contributed by atoms with Crippen molar-refractivity contribution in [2.24, 2.45) is 0 Å². The van der Waals surface area contributed by atoms with Crippen molar-refractivity contribution in [1.82, 2.24) is 71.2 Å². The maximum atomic E-state index is 13.9. The van der Waals surface area contributed by atoms with Gasteiger partial charge in [-0.15, -0.1) is 5.75 Å². The number of benzene rings is 6. The van der Waals surface area contributed by atoms with E-state index in [0.717, 1.165) is 27.8 Å². The van der Waals surface area contributed by atoms with E-state index in [-0.39, 0.29) is 245 Å². The van der Waals surface area contributed by atoms with E-state index in [0.29, 0.717) is 123 Å². The lowest BCUT2D eigenvalue weighted by Gasteiger charge is -2.37. The van der Waals surface area contributed by atoms with Crippen molar-refractivity contribution in [2.75, 3.05) is 174 Å². The van der Waals surface area contributed by atoms with Crippen LogP contribution in [0.3, 0.4) is 0 Å². The van der Waals surface area contributed by atoms with Crippen LogP contribution in [0, 0.1) is 17.1 Å². The maximum absolute atomic E-state index is 13.9. The Bertz CT molecular complexity index is 5430. The molecule has 0 saturated carbocycles. The monoisotopic (exact) mass is 1940 g/mol. The number of aromatic carboxylic acids is 1. The number of carboxylic acid groups (broad SMARTS) is 5. The Kier molecular flexibility index (Phi) is 43.0. The first-order chi connectivity index (χ1) is 66.9. The van der Waals surface area contributed by atoms with Crippen molar-refractivity contribution in [3.8, 4) is 23.3 Å². The number of nitrogens with zero attached hydrogens (tertiary/aromatic N) is 9. The number of hydrogen-bond acceptors (Lipinski definition) is 25. The predicted octanol–water partition coefficient (Wildman–Crippen LogP) is 5.41. The number of carbonyl (C=O) groups excluding carboxylic acids is 8. The molecular weight excluding hydrogens is 1810 g/mol. The molecule has 8 amide bonds. The van der Waals surface area contributed by atoms with Crippen LogP contribution in [0.1, 0.15) is 162 Å². The molecule has 2 aliphatic heterocycles. The number of nitrogens with one attached hydrogen (secondary N) is 8. The van der Waals surface area contributed by atoms with Gasteiger partial charge in [-0.2, -0.15) is 5.26 Å². The number of pyridine rings is 1. The highest BCUT2D eigenvalue weighted by Crippen LogP contribution is 2.44. The molecule has 0 bridgehead atoms. The number of phenols is 1. The average molecular weight is 1940 g/mol. The van der Waals surface area contributed by atoms with E-state index in [2.05, 4.69) is 53.6 Å². The van der Waals surface area contributed by atoms with E-state index in [1.807, 2.05) is 9.80 Å². The first-order valence-electron chi connectivity index (χ1n) is 46.9. The Morgan fingerprint density at radius 1 is 0.511 bits per heavy atom. The molecule has 0 radical (unpaired) electrons. The number of carbonyl (C=O) groups is 13. The van der Waals surface area contributed by atoms with Crippen molar-refractivity contribution < 1.29 is 107 Å². The lowest BCUT2D eigenvalue weighted by molar-refractivity contribution is -0.268. The molecule has 744 valence electrons. The van der Waals surface area contributed by atoms with Crippen molar-refractivity contribution in [2.45, 2.75) is 127 Å². The summed E-state index contributed by atoms with van der Waals surface area (Å²) in [7, 11) is 0. The number of carboxylic acids is 5. The first-order valence-corrected chi connectivity index (χ1v) is 47.3. The smallest absolute Gasteiger partial charge is 0.336 e. The number of unbranched alkanes of at least 4 members (excludes halogenated alkanes) is 5. The second-order valence-electron chi connectivity index (χ2n) is 34.7.